The van der Waals surface area contributed by atoms with E-state index in [1.807, 2.05) is 44.2 Å². The number of aliphatic hydroxyl groups is 1. The lowest BCUT2D eigenvalue weighted by molar-refractivity contribution is -0.387. The molecule has 0 bridgehead atoms. The maximum atomic E-state index is 13.8. The quantitative estimate of drug-likeness (QED) is 0.239. The lowest BCUT2D eigenvalue weighted by Crippen LogP contribution is -2.51. The smallest absolute Gasteiger partial charge is 0.407 e. The summed E-state index contributed by atoms with van der Waals surface area (Å²) in [6.45, 7) is 4.75. The van der Waals surface area contributed by atoms with Crippen LogP contribution in [-0.2, 0) is 27.3 Å². The number of nitrogens with one attached hydrogen (secondary N) is 1. The number of carbonyl (C=O) groups excluding carboxylic acids is 1. The van der Waals surface area contributed by atoms with E-state index in [9.17, 15) is 29.0 Å². The van der Waals surface area contributed by atoms with Gasteiger partial charge in [0.2, 0.25) is 5.82 Å². The minimum absolute atomic E-state index is 0.0273. The molecule has 4 atom stereocenters. The fraction of sp³-hybridized carbons (Fsp3) is 0.480. The predicted molar refractivity (Wildman–Crippen MR) is 135 cm³/mol. The second-order valence-corrected chi connectivity index (χ2v) is 10.7. The van der Waals surface area contributed by atoms with Crippen LogP contribution >= 0.6 is 0 Å². The number of rotatable bonds is 12. The fourth-order valence-corrected chi connectivity index (χ4v) is 5.35. The number of benzene rings is 2. The van der Waals surface area contributed by atoms with Crippen molar-refractivity contribution in [2.45, 2.75) is 49.8 Å². The summed E-state index contributed by atoms with van der Waals surface area (Å²) in [4.78, 5) is 22.9. The molecule has 0 aromatic heterocycles. The molecule has 12 heteroatoms. The third-order valence-electron chi connectivity index (χ3n) is 5.74. The van der Waals surface area contributed by atoms with Crippen molar-refractivity contribution in [3.05, 3.63) is 70.0 Å². The molecule has 202 valence electrons. The minimum Gasteiger partial charge on any atom is -0.593 e. The van der Waals surface area contributed by atoms with Crippen molar-refractivity contribution in [2.75, 3.05) is 26.3 Å². The van der Waals surface area contributed by atoms with Gasteiger partial charge >= 0.3 is 11.8 Å². The van der Waals surface area contributed by atoms with E-state index in [0.29, 0.717) is 19.6 Å². The summed E-state index contributed by atoms with van der Waals surface area (Å²) in [6, 6.07) is 11.5. The van der Waals surface area contributed by atoms with Crippen molar-refractivity contribution in [3.8, 4) is 0 Å². The highest BCUT2D eigenvalue weighted by atomic mass is 32.2. The first-order chi connectivity index (χ1) is 17.6. The van der Waals surface area contributed by atoms with Crippen molar-refractivity contribution in [2.24, 2.45) is 5.92 Å². The standard InChI is InChI=1S/C25H32FN3O7S/c1-17(2)14-28(37(34)20-8-9-21(26)23(13-20)29(32)33)15-24(30)22(12-18-6-4-3-5-7-18)27-25(31)36-19-10-11-35-16-19/h3-9,13,17,19,22,24,30H,10-12,14-16H2,1-2H3,(H,27,31)/t19-,22-,24+,37?/m0/s1. The molecule has 1 amide bonds. The van der Waals surface area contributed by atoms with Gasteiger partial charge in [-0.1, -0.05) is 44.2 Å². The minimum atomic E-state index is -1.94. The Kier molecular flexibility index (Phi) is 10.6. The number of nitro groups is 1. The van der Waals surface area contributed by atoms with E-state index < -0.39 is 46.0 Å². The van der Waals surface area contributed by atoms with Crippen LogP contribution in [0, 0.1) is 21.8 Å². The Balaban J connectivity index is 1.79. The summed E-state index contributed by atoms with van der Waals surface area (Å²) in [6.07, 6.45) is -1.37. The van der Waals surface area contributed by atoms with Crippen LogP contribution in [0.25, 0.3) is 0 Å². The number of nitro benzene ring substituents is 1. The summed E-state index contributed by atoms with van der Waals surface area (Å²) in [5.74, 6) is -1.00. The molecule has 0 radical (unpaired) electrons. The van der Waals surface area contributed by atoms with Crippen molar-refractivity contribution < 1.29 is 33.2 Å². The third-order valence-corrected chi connectivity index (χ3v) is 7.16. The molecule has 1 aliphatic rings. The van der Waals surface area contributed by atoms with Crippen LogP contribution in [0.4, 0.5) is 14.9 Å². The molecule has 1 saturated heterocycles. The number of aliphatic hydroxyl groups excluding tert-OH is 1. The molecule has 2 N–H and O–H groups in total. The van der Waals surface area contributed by atoms with Gasteiger partial charge in [-0.15, -0.1) is 4.31 Å². The Morgan fingerprint density at radius 1 is 1.30 bits per heavy atom. The highest BCUT2D eigenvalue weighted by Crippen LogP contribution is 2.25. The van der Waals surface area contributed by atoms with E-state index in [1.165, 1.54) is 10.4 Å². The normalized spacial score (nSPS) is 18.0. The average Bonchev–Trinajstić information content (AvgIpc) is 3.36. The SMILES string of the molecule is CC(C)CN(C[C@@H](O)[C@H](Cc1ccccc1)NC(=O)O[C@H]1CCOC1)[S+]([O-])c1ccc(F)c([N+](=O)[O-])c1. The lowest BCUT2D eigenvalue weighted by atomic mass is 10.0. The van der Waals surface area contributed by atoms with E-state index >= 15 is 0 Å². The summed E-state index contributed by atoms with van der Waals surface area (Å²) in [7, 11) is 0. The van der Waals surface area contributed by atoms with Crippen LogP contribution in [-0.4, -0.2) is 69.5 Å². The average molecular weight is 538 g/mol. The van der Waals surface area contributed by atoms with Crippen molar-refractivity contribution >= 4 is 23.1 Å². The number of hydrogen-bond acceptors (Lipinski definition) is 8. The van der Waals surface area contributed by atoms with Gasteiger partial charge in [-0.25, -0.2) is 4.79 Å². The molecule has 1 aliphatic heterocycles. The molecule has 2 aromatic rings. The maximum Gasteiger partial charge on any atom is 0.407 e. The zero-order chi connectivity index (χ0) is 26.9. The van der Waals surface area contributed by atoms with E-state index in [0.717, 1.165) is 17.7 Å². The molecule has 37 heavy (non-hydrogen) atoms. The molecule has 1 heterocycles. The Labute approximate surface area is 218 Å². The largest absolute Gasteiger partial charge is 0.593 e. The maximum absolute atomic E-state index is 13.8. The van der Waals surface area contributed by atoms with E-state index in [4.69, 9.17) is 9.47 Å². The van der Waals surface area contributed by atoms with Gasteiger partial charge in [0.1, 0.15) is 6.10 Å². The topological polar surface area (TPSA) is 137 Å². The summed E-state index contributed by atoms with van der Waals surface area (Å²) in [5.41, 5.74) is 0.0832. The molecule has 3 rings (SSSR count). The molecule has 1 unspecified atom stereocenters. The first kappa shape index (κ1) is 28.8. The summed E-state index contributed by atoms with van der Waals surface area (Å²) >= 11 is -1.94. The second kappa shape index (κ2) is 13.7. The van der Waals surface area contributed by atoms with Gasteiger partial charge in [0.15, 0.2) is 4.90 Å². The number of amides is 1. The fourth-order valence-electron chi connectivity index (χ4n) is 3.94. The molecule has 10 nitrogen and oxygen atoms in total. The van der Waals surface area contributed by atoms with Gasteiger partial charge < -0.3 is 24.4 Å². The van der Waals surface area contributed by atoms with Crippen LogP contribution in [0.2, 0.25) is 0 Å². The predicted octanol–water partition coefficient (Wildman–Crippen LogP) is 3.20. The highest BCUT2D eigenvalue weighted by Gasteiger charge is 2.33. The Morgan fingerprint density at radius 3 is 2.65 bits per heavy atom. The van der Waals surface area contributed by atoms with Crippen LogP contribution in [0.3, 0.4) is 0 Å². The molecular weight excluding hydrogens is 505 g/mol. The number of halogens is 1. The van der Waals surface area contributed by atoms with Gasteiger partial charge in [-0.3, -0.25) is 10.1 Å². The molecule has 1 fully saturated rings. The van der Waals surface area contributed by atoms with Gasteiger partial charge in [0.25, 0.3) is 0 Å². The summed E-state index contributed by atoms with van der Waals surface area (Å²) in [5, 5.41) is 25.1. The zero-order valence-electron chi connectivity index (χ0n) is 20.7. The lowest BCUT2D eigenvalue weighted by Gasteiger charge is -2.31. The van der Waals surface area contributed by atoms with Crippen LogP contribution < -0.4 is 5.32 Å². The van der Waals surface area contributed by atoms with E-state index in [1.54, 1.807) is 0 Å². The Hall–Kier alpha value is -2.77. The number of hydrogen-bond donors (Lipinski definition) is 2. The van der Waals surface area contributed by atoms with Gasteiger partial charge in [-0.2, -0.15) is 4.39 Å². The monoisotopic (exact) mass is 537 g/mol. The number of ether oxygens (including phenoxy) is 2. The van der Waals surface area contributed by atoms with Crippen molar-refractivity contribution in [3.63, 3.8) is 0 Å². The Morgan fingerprint density at radius 2 is 2.03 bits per heavy atom. The third kappa shape index (κ3) is 8.64. The zero-order valence-corrected chi connectivity index (χ0v) is 21.6. The van der Waals surface area contributed by atoms with E-state index in [-0.39, 0.29) is 36.4 Å². The molecule has 0 saturated carbocycles. The first-order valence-electron chi connectivity index (χ1n) is 12.0. The molecular formula is C25H32FN3O7S. The highest BCUT2D eigenvalue weighted by molar-refractivity contribution is 7.89. The van der Waals surface area contributed by atoms with Crippen LogP contribution in [0.5, 0.6) is 0 Å². The van der Waals surface area contributed by atoms with Gasteiger partial charge in [-0.05, 0) is 30.0 Å². The number of nitrogens with zero attached hydrogens (tertiary/aromatic N) is 2. The number of alkyl carbamates (subject to hydrolysis) is 1. The van der Waals surface area contributed by atoms with Crippen molar-refractivity contribution in [1.29, 1.82) is 0 Å². The van der Waals surface area contributed by atoms with Gasteiger partial charge in [0, 0.05) is 13.0 Å². The van der Waals surface area contributed by atoms with Gasteiger partial charge in [0.05, 0.1) is 54.3 Å². The van der Waals surface area contributed by atoms with Crippen LogP contribution in [0.15, 0.2) is 53.4 Å². The number of carbonyl (C=O) groups is 1. The first-order valence-corrected chi connectivity index (χ1v) is 13.1. The Bertz CT molecular complexity index is 1040. The molecule has 2 aromatic carbocycles. The summed E-state index contributed by atoms with van der Waals surface area (Å²) < 4.78 is 39.3. The second-order valence-electron chi connectivity index (χ2n) is 9.26. The molecule has 0 aliphatic carbocycles. The van der Waals surface area contributed by atoms with E-state index in [2.05, 4.69) is 5.32 Å². The molecule has 0 spiro atoms. The van der Waals surface area contributed by atoms with Crippen LogP contribution in [0.1, 0.15) is 25.8 Å². The van der Waals surface area contributed by atoms with Crippen molar-refractivity contribution in [1.82, 2.24) is 9.62 Å².